The third kappa shape index (κ3) is 2.88. The van der Waals surface area contributed by atoms with Gasteiger partial charge in [0.25, 0.3) is 5.91 Å². The summed E-state index contributed by atoms with van der Waals surface area (Å²) in [5.41, 5.74) is 0. The second kappa shape index (κ2) is 5.49. The summed E-state index contributed by atoms with van der Waals surface area (Å²) in [5, 5.41) is 10.2. The summed E-state index contributed by atoms with van der Waals surface area (Å²) in [5.74, 6) is -0.214. The molecule has 0 aromatic carbocycles. The number of hydrogen-bond donors (Lipinski definition) is 1. The lowest BCUT2D eigenvalue weighted by Gasteiger charge is -2.14. The number of aromatic nitrogens is 2. The number of nitrogens with zero attached hydrogens (tertiary/aromatic N) is 3. The fraction of sp³-hybridized carbons (Fsp3) is 0.556. The molecule has 0 bridgehead atoms. The minimum Gasteiger partial charge on any atom is -0.453 e. The molecule has 1 N–H and O–H groups in total. The number of carbonyl (C=O) groups is 2. The third-order valence-corrected chi connectivity index (χ3v) is 3.57. The van der Waals surface area contributed by atoms with Gasteiger partial charge in [0.15, 0.2) is 0 Å². The zero-order valence-electron chi connectivity index (χ0n) is 9.55. The fourth-order valence-electron chi connectivity index (χ4n) is 1.72. The number of likely N-dealkylation sites (tertiary alicyclic amines) is 1. The molecule has 0 spiro atoms. The molecule has 98 valence electrons. The van der Waals surface area contributed by atoms with E-state index in [1.165, 1.54) is 7.11 Å². The predicted octanol–water partition coefficient (Wildman–Crippen LogP) is 0.762. The molecule has 2 rings (SSSR count). The average Bonchev–Trinajstić information content (AvgIpc) is 2.97. The second-order valence-electron chi connectivity index (χ2n) is 3.73. The number of carbonyl (C=O) groups excluding carboxylic acids is 2. The van der Waals surface area contributed by atoms with Crippen molar-refractivity contribution in [3.8, 4) is 0 Å². The Labute approximate surface area is 112 Å². The number of rotatable bonds is 2. The Hall–Kier alpha value is -1.41. The van der Waals surface area contributed by atoms with Crippen molar-refractivity contribution in [2.24, 2.45) is 0 Å². The van der Waals surface area contributed by atoms with Crippen LogP contribution in [0.3, 0.4) is 0 Å². The van der Waals surface area contributed by atoms with Crippen LogP contribution >= 0.6 is 22.9 Å². The topological polar surface area (TPSA) is 84.4 Å². The van der Waals surface area contributed by atoms with E-state index in [0.717, 1.165) is 11.3 Å². The number of amides is 2. The molecule has 1 atom stereocenters. The molecular weight excluding hydrogens is 280 g/mol. The van der Waals surface area contributed by atoms with E-state index < -0.39 is 6.09 Å². The van der Waals surface area contributed by atoms with Crippen LogP contribution in [-0.4, -0.2) is 53.3 Å². The molecule has 1 fully saturated rings. The Bertz CT molecular complexity index is 466. The first-order chi connectivity index (χ1) is 8.60. The predicted molar refractivity (Wildman–Crippen MR) is 64.8 cm³/mol. The number of hydrogen-bond acceptors (Lipinski definition) is 6. The molecule has 1 aromatic rings. The largest absolute Gasteiger partial charge is 0.453 e. The minimum atomic E-state index is -0.492. The molecule has 18 heavy (non-hydrogen) atoms. The third-order valence-electron chi connectivity index (χ3n) is 2.57. The lowest BCUT2D eigenvalue weighted by molar-refractivity contribution is 0.0787. The van der Waals surface area contributed by atoms with Crippen LogP contribution in [0.4, 0.5) is 4.79 Å². The maximum absolute atomic E-state index is 12.0. The van der Waals surface area contributed by atoms with Crippen molar-refractivity contribution in [3.63, 3.8) is 0 Å². The van der Waals surface area contributed by atoms with Gasteiger partial charge in [0, 0.05) is 13.1 Å². The second-order valence-corrected chi connectivity index (χ2v) is 5.29. The smallest absolute Gasteiger partial charge is 0.407 e. The molecule has 2 amide bonds. The Balaban J connectivity index is 1.92. The highest BCUT2D eigenvalue weighted by atomic mass is 35.5. The zero-order chi connectivity index (χ0) is 13.1. The van der Waals surface area contributed by atoms with Gasteiger partial charge < -0.3 is 15.0 Å². The molecule has 0 saturated carbocycles. The van der Waals surface area contributed by atoms with Crippen molar-refractivity contribution in [3.05, 3.63) is 9.47 Å². The highest BCUT2D eigenvalue weighted by molar-refractivity contribution is 7.17. The molecular formula is C9H11ClN4O3S. The highest BCUT2D eigenvalue weighted by Crippen LogP contribution is 2.19. The molecule has 1 aliphatic heterocycles. The van der Waals surface area contributed by atoms with Crippen LogP contribution in [0, 0.1) is 0 Å². The summed E-state index contributed by atoms with van der Waals surface area (Å²) >= 11 is 6.67. The first-order valence-corrected chi connectivity index (χ1v) is 6.42. The van der Waals surface area contributed by atoms with E-state index in [-0.39, 0.29) is 21.4 Å². The number of halogens is 1. The zero-order valence-corrected chi connectivity index (χ0v) is 11.1. The van der Waals surface area contributed by atoms with E-state index in [2.05, 4.69) is 20.3 Å². The molecule has 7 nitrogen and oxygen atoms in total. The molecule has 1 unspecified atom stereocenters. The summed E-state index contributed by atoms with van der Waals surface area (Å²) in [7, 11) is 1.30. The van der Waals surface area contributed by atoms with Gasteiger partial charge in [-0.15, -0.1) is 10.2 Å². The van der Waals surface area contributed by atoms with E-state index in [9.17, 15) is 9.59 Å². The minimum absolute atomic E-state index is 0.0928. The van der Waals surface area contributed by atoms with Gasteiger partial charge in [0.2, 0.25) is 9.47 Å². The van der Waals surface area contributed by atoms with Gasteiger partial charge in [-0.2, -0.15) is 0 Å². The number of nitrogens with one attached hydrogen (secondary N) is 1. The van der Waals surface area contributed by atoms with Gasteiger partial charge >= 0.3 is 6.09 Å². The van der Waals surface area contributed by atoms with Crippen LogP contribution in [0.5, 0.6) is 0 Å². The van der Waals surface area contributed by atoms with Gasteiger partial charge in [0.1, 0.15) is 0 Å². The van der Waals surface area contributed by atoms with Gasteiger partial charge in [-0.1, -0.05) is 11.3 Å². The first-order valence-electron chi connectivity index (χ1n) is 5.23. The van der Waals surface area contributed by atoms with E-state index in [0.29, 0.717) is 19.5 Å². The molecule has 9 heteroatoms. The Morgan fingerprint density at radius 1 is 1.56 bits per heavy atom. The van der Waals surface area contributed by atoms with Gasteiger partial charge in [-0.3, -0.25) is 4.79 Å². The number of ether oxygens (including phenoxy) is 1. The van der Waals surface area contributed by atoms with Crippen LogP contribution in [0.15, 0.2) is 0 Å². The fourth-order valence-corrected chi connectivity index (χ4v) is 2.51. The van der Waals surface area contributed by atoms with Gasteiger partial charge in [-0.25, -0.2) is 4.79 Å². The van der Waals surface area contributed by atoms with E-state index >= 15 is 0 Å². The highest BCUT2D eigenvalue weighted by Gasteiger charge is 2.29. The standard InChI is InChI=1S/C9H11ClN4O3S/c1-17-9(16)11-5-2-3-14(4-5)7(15)6-12-13-8(10)18-6/h5H,2-4H2,1H3,(H,11,16). The molecule has 2 heterocycles. The summed E-state index contributed by atoms with van der Waals surface area (Å²) in [6.07, 6.45) is 0.196. The monoisotopic (exact) mass is 290 g/mol. The van der Waals surface area contributed by atoms with E-state index in [1.807, 2.05) is 0 Å². The molecule has 1 aliphatic rings. The maximum Gasteiger partial charge on any atom is 0.407 e. The lowest BCUT2D eigenvalue weighted by Crippen LogP contribution is -2.38. The number of alkyl carbamates (subject to hydrolysis) is 1. The molecule has 1 saturated heterocycles. The Kier molecular flexibility index (Phi) is 3.97. The molecule has 1 aromatic heterocycles. The van der Waals surface area contributed by atoms with Crippen molar-refractivity contribution in [1.29, 1.82) is 0 Å². The summed E-state index contributed by atoms with van der Waals surface area (Å²) in [6, 6.07) is -0.0928. The molecule has 0 aliphatic carbocycles. The lowest BCUT2D eigenvalue weighted by atomic mass is 10.3. The van der Waals surface area contributed by atoms with E-state index in [4.69, 9.17) is 11.6 Å². The summed E-state index contributed by atoms with van der Waals surface area (Å²) in [4.78, 5) is 24.6. The van der Waals surface area contributed by atoms with Crippen LogP contribution in [0.25, 0.3) is 0 Å². The molecule has 0 radical (unpaired) electrons. The first kappa shape index (κ1) is 13.0. The van der Waals surface area contributed by atoms with Crippen molar-refractivity contribution in [2.45, 2.75) is 12.5 Å². The van der Waals surface area contributed by atoms with Crippen LogP contribution in [0.2, 0.25) is 4.47 Å². The van der Waals surface area contributed by atoms with Crippen molar-refractivity contribution >= 4 is 34.9 Å². The Morgan fingerprint density at radius 2 is 2.33 bits per heavy atom. The Morgan fingerprint density at radius 3 is 2.94 bits per heavy atom. The van der Waals surface area contributed by atoms with Crippen LogP contribution in [0.1, 0.15) is 16.2 Å². The normalized spacial score (nSPS) is 18.8. The quantitative estimate of drug-likeness (QED) is 0.869. The summed E-state index contributed by atoms with van der Waals surface area (Å²) in [6.45, 7) is 0.996. The van der Waals surface area contributed by atoms with Gasteiger partial charge in [-0.05, 0) is 18.0 Å². The van der Waals surface area contributed by atoms with Crippen molar-refractivity contribution in [2.75, 3.05) is 20.2 Å². The summed E-state index contributed by atoms with van der Waals surface area (Å²) < 4.78 is 4.74. The maximum atomic E-state index is 12.0. The van der Waals surface area contributed by atoms with Gasteiger partial charge in [0.05, 0.1) is 13.2 Å². The van der Waals surface area contributed by atoms with Crippen molar-refractivity contribution < 1.29 is 14.3 Å². The van der Waals surface area contributed by atoms with Crippen molar-refractivity contribution in [1.82, 2.24) is 20.4 Å². The van der Waals surface area contributed by atoms with Crippen LogP contribution < -0.4 is 5.32 Å². The number of methoxy groups -OCH3 is 1. The van der Waals surface area contributed by atoms with Crippen LogP contribution in [-0.2, 0) is 4.74 Å². The average molecular weight is 291 g/mol. The SMILES string of the molecule is COC(=O)NC1CCN(C(=O)c2nnc(Cl)s2)C1. The van der Waals surface area contributed by atoms with E-state index in [1.54, 1.807) is 4.90 Å².